The first-order chi connectivity index (χ1) is 10.8. The molecule has 0 spiro atoms. The van der Waals surface area contributed by atoms with E-state index >= 15 is 0 Å². The molecular weight excluding hydrogens is 301 g/mol. The molecule has 23 heavy (non-hydrogen) atoms. The zero-order valence-corrected chi connectivity index (χ0v) is 15.2. The second-order valence-electron chi connectivity index (χ2n) is 7.26. The average molecular weight is 325 g/mol. The maximum absolute atomic E-state index is 14.3. The van der Waals surface area contributed by atoms with Crippen LogP contribution in [0.5, 0.6) is 0 Å². The molecule has 0 aromatic heterocycles. The van der Waals surface area contributed by atoms with Crippen LogP contribution in [-0.4, -0.2) is 10.7 Å². The molecule has 1 aliphatic rings. The summed E-state index contributed by atoms with van der Waals surface area (Å²) < 4.78 is 16.4. The SMILES string of the molecule is C=C1c2ccccc2[P@@](=O)(c2ccccc2)N1[C@@H](C)C(C)(C)C. The minimum absolute atomic E-state index is 0.00454. The van der Waals surface area contributed by atoms with Crippen LogP contribution in [0.2, 0.25) is 0 Å². The second kappa shape index (κ2) is 5.39. The van der Waals surface area contributed by atoms with E-state index in [1.165, 1.54) is 0 Å². The predicted molar refractivity (Wildman–Crippen MR) is 99.5 cm³/mol. The molecule has 0 N–H and O–H groups in total. The van der Waals surface area contributed by atoms with Gasteiger partial charge in [-0.1, -0.05) is 63.7 Å². The Morgan fingerprint density at radius 1 is 1.00 bits per heavy atom. The van der Waals surface area contributed by atoms with Crippen LogP contribution < -0.4 is 10.6 Å². The third-order valence-electron chi connectivity index (χ3n) is 4.85. The second-order valence-corrected chi connectivity index (χ2v) is 9.84. The first-order valence-corrected chi connectivity index (χ1v) is 9.68. The summed E-state index contributed by atoms with van der Waals surface area (Å²) in [6.45, 7) is 13.0. The Morgan fingerprint density at radius 2 is 1.57 bits per heavy atom. The van der Waals surface area contributed by atoms with E-state index < -0.39 is 7.29 Å². The molecule has 0 radical (unpaired) electrons. The van der Waals surface area contributed by atoms with E-state index in [1.54, 1.807) is 0 Å². The van der Waals surface area contributed by atoms with Gasteiger partial charge in [0.15, 0.2) is 0 Å². The van der Waals surface area contributed by atoms with Crippen molar-refractivity contribution in [3.63, 3.8) is 0 Å². The van der Waals surface area contributed by atoms with E-state index in [9.17, 15) is 4.57 Å². The van der Waals surface area contributed by atoms with Gasteiger partial charge in [0.2, 0.25) is 7.29 Å². The standard InChI is InChI=1S/C20H24NOP/c1-15-18-13-9-10-14-19(18)23(22,17-11-7-6-8-12-17)21(15)16(2)20(3,4)5/h6-14,16H,1H2,2-5H3/t16-,23-/m0/s1. The van der Waals surface area contributed by atoms with Gasteiger partial charge in [-0.2, -0.15) is 0 Å². The molecule has 0 saturated heterocycles. The molecular formula is C20H24NOP. The van der Waals surface area contributed by atoms with Crippen LogP contribution in [0.1, 0.15) is 33.3 Å². The van der Waals surface area contributed by atoms with Gasteiger partial charge < -0.3 is 4.67 Å². The number of nitrogens with zero attached hydrogens (tertiary/aromatic N) is 1. The van der Waals surface area contributed by atoms with Gasteiger partial charge in [0.05, 0.1) is 0 Å². The average Bonchev–Trinajstić information content (AvgIpc) is 2.76. The third kappa shape index (κ3) is 2.37. The molecule has 3 heteroatoms. The fourth-order valence-electron chi connectivity index (χ4n) is 3.13. The van der Waals surface area contributed by atoms with Crippen LogP contribution in [0.25, 0.3) is 5.70 Å². The molecule has 2 nitrogen and oxygen atoms in total. The Kier molecular flexibility index (Phi) is 3.77. The fourth-order valence-corrected chi connectivity index (χ4v) is 6.57. The van der Waals surface area contributed by atoms with Gasteiger partial charge in [0, 0.05) is 27.9 Å². The first kappa shape index (κ1) is 16.1. The summed E-state index contributed by atoms with van der Waals surface area (Å²) in [4.78, 5) is 0. The molecule has 0 unspecified atom stereocenters. The van der Waals surface area contributed by atoms with Crippen molar-refractivity contribution < 1.29 is 4.57 Å². The van der Waals surface area contributed by atoms with Crippen molar-refractivity contribution >= 4 is 23.6 Å². The summed E-state index contributed by atoms with van der Waals surface area (Å²) in [5.41, 5.74) is 1.88. The number of rotatable bonds is 2. The van der Waals surface area contributed by atoms with E-state index in [-0.39, 0.29) is 11.5 Å². The Bertz CT molecular complexity index is 789. The maximum Gasteiger partial charge on any atom is 0.230 e. The van der Waals surface area contributed by atoms with Gasteiger partial charge in [-0.3, -0.25) is 4.57 Å². The number of benzene rings is 2. The van der Waals surface area contributed by atoms with Gasteiger partial charge >= 0.3 is 0 Å². The zero-order valence-electron chi connectivity index (χ0n) is 14.3. The molecule has 3 rings (SSSR count). The lowest BCUT2D eigenvalue weighted by molar-refractivity contribution is 0.243. The molecule has 2 aromatic carbocycles. The van der Waals surface area contributed by atoms with Crippen LogP contribution in [0, 0.1) is 5.41 Å². The smallest absolute Gasteiger partial charge is 0.230 e. The molecule has 0 fully saturated rings. The zero-order chi connectivity index (χ0) is 16.8. The lowest BCUT2D eigenvalue weighted by Crippen LogP contribution is -2.39. The Morgan fingerprint density at radius 3 is 2.17 bits per heavy atom. The molecule has 1 aliphatic heterocycles. The van der Waals surface area contributed by atoms with Crippen molar-refractivity contribution in [2.45, 2.75) is 33.7 Å². The summed E-state index contributed by atoms with van der Waals surface area (Å²) in [7, 11) is -2.90. The molecule has 2 aromatic rings. The van der Waals surface area contributed by atoms with Gasteiger partial charge in [0.1, 0.15) is 0 Å². The highest BCUT2D eigenvalue weighted by Gasteiger charge is 2.48. The maximum atomic E-state index is 14.3. The predicted octanol–water partition coefficient (Wildman–Crippen LogP) is 4.64. The largest absolute Gasteiger partial charge is 0.312 e. The minimum Gasteiger partial charge on any atom is -0.312 e. The van der Waals surface area contributed by atoms with Gasteiger partial charge in [-0.25, -0.2) is 0 Å². The van der Waals surface area contributed by atoms with Gasteiger partial charge in [-0.05, 0) is 30.5 Å². The topological polar surface area (TPSA) is 20.3 Å². The van der Waals surface area contributed by atoms with Crippen molar-refractivity contribution in [2.24, 2.45) is 5.41 Å². The van der Waals surface area contributed by atoms with Crippen molar-refractivity contribution in [3.8, 4) is 0 Å². The van der Waals surface area contributed by atoms with Gasteiger partial charge in [0.25, 0.3) is 0 Å². The molecule has 120 valence electrons. The molecule has 1 heterocycles. The van der Waals surface area contributed by atoms with E-state index in [0.717, 1.165) is 21.9 Å². The van der Waals surface area contributed by atoms with Crippen molar-refractivity contribution in [1.82, 2.24) is 4.67 Å². The van der Waals surface area contributed by atoms with E-state index in [2.05, 4.69) is 38.9 Å². The summed E-state index contributed by atoms with van der Waals surface area (Å²) in [6.07, 6.45) is 0. The number of fused-ring (bicyclic) bond motifs is 1. The summed E-state index contributed by atoms with van der Waals surface area (Å²) in [5, 5.41) is 1.79. The Hall–Kier alpha value is -1.79. The van der Waals surface area contributed by atoms with E-state index in [4.69, 9.17) is 0 Å². The minimum atomic E-state index is -2.90. The van der Waals surface area contributed by atoms with Crippen LogP contribution in [0.4, 0.5) is 0 Å². The van der Waals surface area contributed by atoms with Crippen LogP contribution in [0.3, 0.4) is 0 Å². The van der Waals surface area contributed by atoms with Crippen LogP contribution in [0.15, 0.2) is 61.2 Å². The highest BCUT2D eigenvalue weighted by atomic mass is 31.2. The molecule has 2 atom stereocenters. The number of hydrogen-bond donors (Lipinski definition) is 0. The molecule has 0 amide bonds. The third-order valence-corrected chi connectivity index (χ3v) is 8.08. The van der Waals surface area contributed by atoms with E-state index in [1.807, 2.05) is 54.6 Å². The van der Waals surface area contributed by atoms with Crippen molar-refractivity contribution in [2.75, 3.05) is 0 Å². The lowest BCUT2D eigenvalue weighted by Gasteiger charge is -2.40. The van der Waals surface area contributed by atoms with E-state index in [0.29, 0.717) is 0 Å². The summed E-state index contributed by atoms with van der Waals surface area (Å²) >= 11 is 0. The Balaban J connectivity index is 2.28. The highest BCUT2D eigenvalue weighted by molar-refractivity contribution is 7.77. The summed E-state index contributed by atoms with van der Waals surface area (Å²) in [5.74, 6) is 0. The fraction of sp³-hybridized carbons (Fsp3) is 0.300. The molecule has 0 aliphatic carbocycles. The van der Waals surface area contributed by atoms with Crippen molar-refractivity contribution in [1.29, 1.82) is 0 Å². The number of hydrogen-bond acceptors (Lipinski definition) is 1. The normalized spacial score (nSPS) is 22.1. The molecule has 0 bridgehead atoms. The van der Waals surface area contributed by atoms with Crippen LogP contribution in [-0.2, 0) is 4.57 Å². The lowest BCUT2D eigenvalue weighted by atomic mass is 9.87. The van der Waals surface area contributed by atoms with Gasteiger partial charge in [-0.15, -0.1) is 0 Å². The van der Waals surface area contributed by atoms with Crippen molar-refractivity contribution in [3.05, 3.63) is 66.7 Å². The van der Waals surface area contributed by atoms with Crippen LogP contribution >= 0.6 is 7.29 Å². The molecule has 0 saturated carbocycles. The first-order valence-electron chi connectivity index (χ1n) is 8.02. The monoisotopic (exact) mass is 325 g/mol. The Labute approximate surface area is 139 Å². The highest BCUT2D eigenvalue weighted by Crippen LogP contribution is 2.60. The quantitative estimate of drug-likeness (QED) is 0.750. The summed E-state index contributed by atoms with van der Waals surface area (Å²) in [6, 6.07) is 17.9.